The van der Waals surface area contributed by atoms with E-state index in [1.165, 1.54) is 18.5 Å². The van der Waals surface area contributed by atoms with Gasteiger partial charge in [-0.15, -0.1) is 0 Å². The Morgan fingerprint density at radius 2 is 1.77 bits per heavy atom. The van der Waals surface area contributed by atoms with Crippen LogP contribution in [0.25, 0.3) is 10.9 Å². The summed E-state index contributed by atoms with van der Waals surface area (Å²) < 4.78 is 47.9. The first-order valence-electron chi connectivity index (χ1n) is 12.6. The number of aryl methyl sites for hydroxylation is 1. The van der Waals surface area contributed by atoms with Gasteiger partial charge < -0.3 is 15.0 Å². The molecule has 0 saturated carbocycles. The molecule has 5 rings (SSSR count). The number of hydrogen-bond donors (Lipinski definition) is 1. The van der Waals surface area contributed by atoms with Crippen molar-refractivity contribution in [3.63, 3.8) is 0 Å². The number of piperazine rings is 1. The molecule has 0 aliphatic carbocycles. The number of halogens is 3. The lowest BCUT2D eigenvalue weighted by Gasteiger charge is -2.33. The van der Waals surface area contributed by atoms with Gasteiger partial charge in [0.1, 0.15) is 12.1 Å². The lowest BCUT2D eigenvalue weighted by Crippen LogP contribution is -2.44. The Morgan fingerprint density at radius 3 is 2.54 bits per heavy atom. The minimum Gasteiger partial charge on any atom is -0.438 e. The third-order valence-electron chi connectivity index (χ3n) is 6.83. The van der Waals surface area contributed by atoms with Crippen molar-refractivity contribution in [2.45, 2.75) is 19.6 Å². The van der Waals surface area contributed by atoms with E-state index in [9.17, 15) is 18.0 Å². The van der Waals surface area contributed by atoms with Crippen molar-refractivity contribution < 1.29 is 22.7 Å². The van der Waals surface area contributed by atoms with Crippen LogP contribution >= 0.6 is 0 Å². The van der Waals surface area contributed by atoms with Gasteiger partial charge in [0.2, 0.25) is 5.88 Å². The molecule has 0 unspecified atom stereocenters. The minimum atomic E-state index is -4.55. The van der Waals surface area contributed by atoms with E-state index in [0.717, 1.165) is 24.7 Å². The quantitative estimate of drug-likeness (QED) is 0.339. The molecular weight excluding hydrogens is 507 g/mol. The van der Waals surface area contributed by atoms with Crippen molar-refractivity contribution in [2.24, 2.45) is 0 Å². The highest BCUT2D eigenvalue weighted by Crippen LogP contribution is 2.35. The van der Waals surface area contributed by atoms with Crippen LogP contribution in [0, 0.1) is 6.92 Å². The molecule has 0 atom stereocenters. The molecule has 3 aromatic carbocycles. The number of carbonyl (C=O) groups is 1. The van der Waals surface area contributed by atoms with Crippen LogP contribution in [0.1, 0.15) is 27.0 Å². The van der Waals surface area contributed by atoms with E-state index in [2.05, 4.69) is 20.2 Å². The standard InChI is InChI=1S/C29H28F3N5O2/c1-19-7-8-20(15-26(19)39-28-23-5-3-4-6-25(23)33-18-34-28)27(38)35-22-10-9-21(24(16-22)29(30,31)32)17-37-13-11-36(2)12-14-37/h3-10,15-16,18H,11-14,17H2,1-2H3,(H,35,38). The first-order chi connectivity index (χ1) is 18.7. The molecule has 1 saturated heterocycles. The first kappa shape index (κ1) is 26.6. The monoisotopic (exact) mass is 535 g/mol. The summed E-state index contributed by atoms with van der Waals surface area (Å²) in [5.41, 5.74) is 1.23. The highest BCUT2D eigenvalue weighted by molar-refractivity contribution is 6.04. The molecule has 39 heavy (non-hydrogen) atoms. The molecule has 1 fully saturated rings. The Balaban J connectivity index is 1.35. The minimum absolute atomic E-state index is 0.0688. The van der Waals surface area contributed by atoms with Gasteiger partial charge in [-0.3, -0.25) is 9.69 Å². The maximum absolute atomic E-state index is 14.0. The number of benzene rings is 3. The molecule has 0 spiro atoms. The van der Waals surface area contributed by atoms with E-state index in [-0.39, 0.29) is 23.4 Å². The molecule has 1 amide bonds. The molecule has 202 valence electrons. The van der Waals surface area contributed by atoms with Gasteiger partial charge in [0.15, 0.2) is 0 Å². The molecule has 0 bridgehead atoms. The van der Waals surface area contributed by atoms with Crippen LogP contribution in [-0.4, -0.2) is 58.9 Å². The molecule has 2 heterocycles. The second kappa shape index (κ2) is 11.0. The lowest BCUT2D eigenvalue weighted by molar-refractivity contribution is -0.138. The van der Waals surface area contributed by atoms with Crippen LogP contribution in [-0.2, 0) is 12.7 Å². The van der Waals surface area contributed by atoms with Gasteiger partial charge in [-0.25, -0.2) is 9.97 Å². The number of nitrogens with one attached hydrogen (secondary N) is 1. The fraction of sp³-hybridized carbons (Fsp3) is 0.276. The molecular formula is C29H28F3N5O2. The summed E-state index contributed by atoms with van der Waals surface area (Å²) in [6.45, 7) is 5.06. The normalized spacial score (nSPS) is 14.9. The largest absolute Gasteiger partial charge is 0.438 e. The Bertz CT molecular complexity index is 1500. The van der Waals surface area contributed by atoms with Crippen LogP contribution in [0.15, 0.2) is 67.0 Å². The molecule has 4 aromatic rings. The van der Waals surface area contributed by atoms with E-state index in [4.69, 9.17) is 4.74 Å². The molecule has 1 N–H and O–H groups in total. The summed E-state index contributed by atoms with van der Waals surface area (Å²) in [6, 6.07) is 16.2. The maximum Gasteiger partial charge on any atom is 0.416 e. The second-order valence-electron chi connectivity index (χ2n) is 9.68. The predicted molar refractivity (Wildman–Crippen MR) is 143 cm³/mol. The molecule has 1 aliphatic rings. The number of hydrogen-bond acceptors (Lipinski definition) is 6. The molecule has 1 aliphatic heterocycles. The maximum atomic E-state index is 14.0. The van der Waals surface area contributed by atoms with Crippen LogP contribution in [0.3, 0.4) is 0 Å². The van der Waals surface area contributed by atoms with Crippen molar-refractivity contribution in [1.82, 2.24) is 19.8 Å². The number of ether oxygens (including phenoxy) is 1. The van der Waals surface area contributed by atoms with E-state index in [1.807, 2.05) is 43.1 Å². The van der Waals surface area contributed by atoms with Gasteiger partial charge in [-0.2, -0.15) is 13.2 Å². The predicted octanol–water partition coefficient (Wildman–Crippen LogP) is 5.75. The number of alkyl halides is 3. The van der Waals surface area contributed by atoms with Crippen molar-refractivity contribution in [2.75, 3.05) is 38.5 Å². The van der Waals surface area contributed by atoms with Crippen molar-refractivity contribution in [3.8, 4) is 11.6 Å². The van der Waals surface area contributed by atoms with Gasteiger partial charge in [-0.05, 0) is 61.5 Å². The molecule has 7 nitrogen and oxygen atoms in total. The van der Waals surface area contributed by atoms with Crippen LogP contribution < -0.4 is 10.1 Å². The highest BCUT2D eigenvalue weighted by atomic mass is 19.4. The fourth-order valence-corrected chi connectivity index (χ4v) is 4.52. The van der Waals surface area contributed by atoms with Crippen LogP contribution in [0.2, 0.25) is 0 Å². The summed E-state index contributed by atoms with van der Waals surface area (Å²) in [5.74, 6) is 0.198. The third kappa shape index (κ3) is 6.18. The van der Waals surface area contributed by atoms with Gasteiger partial charge >= 0.3 is 6.18 Å². The zero-order chi connectivity index (χ0) is 27.6. The van der Waals surface area contributed by atoms with E-state index in [0.29, 0.717) is 35.6 Å². The zero-order valence-corrected chi connectivity index (χ0v) is 21.6. The Labute approximate surface area is 224 Å². The number of anilines is 1. The smallest absolute Gasteiger partial charge is 0.416 e. The second-order valence-corrected chi connectivity index (χ2v) is 9.68. The van der Waals surface area contributed by atoms with Crippen molar-refractivity contribution in [3.05, 3.63) is 89.2 Å². The van der Waals surface area contributed by atoms with E-state index >= 15 is 0 Å². The number of likely N-dealkylation sites (N-methyl/N-ethyl adjacent to an activating group) is 1. The Hall–Kier alpha value is -4.02. The number of amides is 1. The number of carbonyl (C=O) groups excluding carboxylic acids is 1. The zero-order valence-electron chi connectivity index (χ0n) is 21.6. The van der Waals surface area contributed by atoms with Gasteiger partial charge in [0.05, 0.1) is 16.5 Å². The number of rotatable bonds is 6. The van der Waals surface area contributed by atoms with Crippen molar-refractivity contribution in [1.29, 1.82) is 0 Å². The van der Waals surface area contributed by atoms with E-state index < -0.39 is 17.6 Å². The summed E-state index contributed by atoms with van der Waals surface area (Å²) >= 11 is 0. The fourth-order valence-electron chi connectivity index (χ4n) is 4.52. The third-order valence-corrected chi connectivity index (χ3v) is 6.83. The molecule has 10 heteroatoms. The summed E-state index contributed by atoms with van der Waals surface area (Å²) in [5, 5.41) is 3.32. The van der Waals surface area contributed by atoms with Gasteiger partial charge in [-0.1, -0.05) is 24.3 Å². The number of aromatic nitrogens is 2. The number of nitrogens with zero attached hydrogens (tertiary/aromatic N) is 4. The Morgan fingerprint density at radius 1 is 1.00 bits per heavy atom. The molecule has 1 aromatic heterocycles. The number of para-hydroxylation sites is 1. The number of fused-ring (bicyclic) bond motifs is 1. The van der Waals surface area contributed by atoms with Crippen molar-refractivity contribution >= 4 is 22.5 Å². The Kier molecular flexibility index (Phi) is 7.49. The van der Waals surface area contributed by atoms with Gasteiger partial charge in [0, 0.05) is 44.0 Å². The SMILES string of the molecule is Cc1ccc(C(=O)Nc2ccc(CN3CCN(C)CC3)c(C(F)(F)F)c2)cc1Oc1ncnc2ccccc12. The van der Waals surface area contributed by atoms with E-state index in [1.54, 1.807) is 18.2 Å². The summed E-state index contributed by atoms with van der Waals surface area (Å²) in [7, 11) is 2.00. The first-order valence-corrected chi connectivity index (χ1v) is 12.6. The topological polar surface area (TPSA) is 70.6 Å². The molecule has 0 radical (unpaired) electrons. The van der Waals surface area contributed by atoms with Crippen LogP contribution in [0.4, 0.5) is 18.9 Å². The van der Waals surface area contributed by atoms with Crippen LogP contribution in [0.5, 0.6) is 11.6 Å². The summed E-state index contributed by atoms with van der Waals surface area (Å²) in [6.07, 6.45) is -3.15. The highest BCUT2D eigenvalue weighted by Gasteiger charge is 2.34. The van der Waals surface area contributed by atoms with Gasteiger partial charge in [0.25, 0.3) is 5.91 Å². The lowest BCUT2D eigenvalue weighted by atomic mass is 10.0. The average molecular weight is 536 g/mol. The average Bonchev–Trinajstić information content (AvgIpc) is 2.91. The summed E-state index contributed by atoms with van der Waals surface area (Å²) in [4.78, 5) is 25.7.